The Labute approximate surface area is 381 Å². The molecule has 0 bridgehead atoms. The third-order valence-corrected chi connectivity index (χ3v) is 17.6. The Balaban J connectivity index is 1.25. The number of anilines is 5. The molecule has 4 atom stereocenters. The van der Waals surface area contributed by atoms with Crippen molar-refractivity contribution in [2.45, 2.75) is 56.8 Å². The standard InChI is InChI=1S/C53H54N4O7Si/c1-38-51(65(3,4)46-26-24-45(63-2)25-27-46)49(33-50(61)54(29-30-58)34-39-15-8-5-9-16-39)64-53(38)47-32-44(57(37-60)42-20-12-7-13-21-42)23-28-48(47)55(52(53)62)35-40-17-14-22-43(31-40)56(36-59)41-18-10-6-11-19-41/h5-28,31-32,36-38,49,51,58H,29-30,33-35H2,1-4H3/t38-,49+,51-,53+/m1/s1. The lowest BCUT2D eigenvalue weighted by molar-refractivity contribution is -0.150. The van der Waals surface area contributed by atoms with Crippen molar-refractivity contribution >= 4 is 66.3 Å². The lowest BCUT2D eigenvalue weighted by Gasteiger charge is -2.37. The molecule has 2 aliphatic rings. The van der Waals surface area contributed by atoms with Gasteiger partial charge in [-0.05, 0) is 83.4 Å². The van der Waals surface area contributed by atoms with Crippen molar-refractivity contribution in [1.29, 1.82) is 0 Å². The number of aliphatic hydroxyl groups is 1. The molecule has 0 aliphatic carbocycles. The maximum atomic E-state index is 15.8. The van der Waals surface area contributed by atoms with Crippen LogP contribution in [0.15, 0.2) is 158 Å². The second-order valence-corrected chi connectivity index (χ2v) is 22.0. The van der Waals surface area contributed by atoms with Crippen molar-refractivity contribution in [2.24, 2.45) is 5.92 Å². The topological polar surface area (TPSA) is 120 Å². The molecule has 2 heterocycles. The van der Waals surface area contributed by atoms with E-state index in [1.54, 1.807) is 26.7 Å². The van der Waals surface area contributed by atoms with Crippen molar-refractivity contribution in [3.63, 3.8) is 0 Å². The molecule has 6 aromatic rings. The summed E-state index contributed by atoms with van der Waals surface area (Å²) in [7, 11) is -1.04. The molecule has 332 valence electrons. The molecule has 4 amide bonds. The van der Waals surface area contributed by atoms with Crippen LogP contribution in [-0.2, 0) is 42.6 Å². The number of aliphatic hydroxyl groups excluding tert-OH is 1. The van der Waals surface area contributed by atoms with Crippen LogP contribution in [0.1, 0.15) is 30.0 Å². The average Bonchev–Trinajstić information content (AvgIpc) is 3.75. The van der Waals surface area contributed by atoms with Gasteiger partial charge in [-0.2, -0.15) is 0 Å². The number of fused-ring (bicyclic) bond motifs is 2. The van der Waals surface area contributed by atoms with Gasteiger partial charge in [0.2, 0.25) is 18.7 Å². The lowest BCUT2D eigenvalue weighted by Crippen LogP contribution is -2.52. The zero-order valence-electron chi connectivity index (χ0n) is 37.1. The first-order valence-electron chi connectivity index (χ1n) is 21.9. The first-order chi connectivity index (χ1) is 31.5. The fraction of sp³-hybridized carbons (Fsp3) is 0.245. The summed E-state index contributed by atoms with van der Waals surface area (Å²) in [4.78, 5) is 62.4. The normalized spacial score (nSPS) is 18.9. The first kappa shape index (κ1) is 44.7. The van der Waals surface area contributed by atoms with Gasteiger partial charge in [0.05, 0.1) is 46.5 Å². The molecule has 0 radical (unpaired) electrons. The Morgan fingerprint density at radius 3 is 1.91 bits per heavy atom. The molecular weight excluding hydrogens is 833 g/mol. The third kappa shape index (κ3) is 8.60. The zero-order chi connectivity index (χ0) is 45.7. The van der Waals surface area contributed by atoms with Gasteiger partial charge >= 0.3 is 0 Å². The quantitative estimate of drug-likeness (QED) is 0.0722. The highest BCUT2D eigenvalue weighted by Crippen LogP contribution is 2.60. The van der Waals surface area contributed by atoms with E-state index < -0.39 is 25.7 Å². The second kappa shape index (κ2) is 19.1. The Morgan fingerprint density at radius 2 is 1.32 bits per heavy atom. The number of nitrogens with zero attached hydrogens (tertiary/aromatic N) is 4. The van der Waals surface area contributed by atoms with Gasteiger partial charge < -0.3 is 24.4 Å². The highest BCUT2D eigenvalue weighted by Gasteiger charge is 2.66. The lowest BCUT2D eigenvalue weighted by atomic mass is 9.82. The molecule has 0 aromatic heterocycles. The molecule has 65 heavy (non-hydrogen) atoms. The molecule has 0 saturated carbocycles. The molecule has 8 rings (SSSR count). The second-order valence-electron chi connectivity index (χ2n) is 17.3. The number of ether oxygens (including phenoxy) is 2. The molecule has 11 nitrogen and oxygen atoms in total. The summed E-state index contributed by atoms with van der Waals surface area (Å²) in [5, 5.41) is 11.3. The smallest absolute Gasteiger partial charge is 0.264 e. The van der Waals surface area contributed by atoms with E-state index in [0.717, 1.165) is 34.9 Å². The van der Waals surface area contributed by atoms with Crippen molar-refractivity contribution < 1.29 is 33.8 Å². The average molecular weight is 887 g/mol. The third-order valence-electron chi connectivity index (χ3n) is 13.2. The largest absolute Gasteiger partial charge is 0.497 e. The summed E-state index contributed by atoms with van der Waals surface area (Å²) in [6.45, 7) is 6.98. The van der Waals surface area contributed by atoms with Crippen LogP contribution in [0.3, 0.4) is 0 Å². The van der Waals surface area contributed by atoms with E-state index in [-0.39, 0.29) is 43.5 Å². The maximum absolute atomic E-state index is 15.8. The van der Waals surface area contributed by atoms with Gasteiger partial charge in [-0.15, -0.1) is 0 Å². The van der Waals surface area contributed by atoms with Gasteiger partial charge in [-0.1, -0.05) is 116 Å². The Bertz CT molecular complexity index is 2630. The Morgan fingerprint density at radius 1 is 0.754 bits per heavy atom. The van der Waals surface area contributed by atoms with Gasteiger partial charge in [0.1, 0.15) is 5.75 Å². The monoisotopic (exact) mass is 886 g/mol. The predicted octanol–water partition coefficient (Wildman–Crippen LogP) is 8.46. The first-order valence-corrected chi connectivity index (χ1v) is 25.0. The summed E-state index contributed by atoms with van der Waals surface area (Å²) in [5.74, 6) is -0.189. The van der Waals surface area contributed by atoms with Crippen LogP contribution in [0.4, 0.5) is 28.4 Å². The molecule has 1 fully saturated rings. The van der Waals surface area contributed by atoms with Crippen LogP contribution < -0.4 is 24.6 Å². The molecule has 1 N–H and O–H groups in total. The Kier molecular flexibility index (Phi) is 13.1. The zero-order valence-corrected chi connectivity index (χ0v) is 38.1. The van der Waals surface area contributed by atoms with E-state index in [4.69, 9.17) is 9.47 Å². The minimum atomic E-state index is -2.67. The Hall–Kier alpha value is -6.86. The predicted molar refractivity (Wildman–Crippen MR) is 257 cm³/mol. The van der Waals surface area contributed by atoms with Crippen LogP contribution in [0.25, 0.3) is 0 Å². The van der Waals surface area contributed by atoms with E-state index in [1.165, 1.54) is 0 Å². The fourth-order valence-electron chi connectivity index (χ4n) is 10.0. The number of hydrogen-bond donors (Lipinski definition) is 1. The molecule has 2 aliphatic heterocycles. The van der Waals surface area contributed by atoms with Crippen LogP contribution in [0.2, 0.25) is 18.6 Å². The summed E-state index contributed by atoms with van der Waals surface area (Å²) in [6.07, 6.45) is 0.816. The summed E-state index contributed by atoms with van der Waals surface area (Å²) >= 11 is 0. The van der Waals surface area contributed by atoms with Gasteiger partial charge in [-0.25, -0.2) is 0 Å². The van der Waals surface area contributed by atoms with Gasteiger partial charge in [0, 0.05) is 47.3 Å². The maximum Gasteiger partial charge on any atom is 0.264 e. The number of methoxy groups -OCH3 is 1. The number of carbonyl (C=O) groups excluding carboxylic acids is 4. The SMILES string of the molecule is COc1ccc([Si](C)(C)[C@H]2[C@H](CC(=O)N(CCO)Cc3ccccc3)O[C@@]3(C(=O)N(Cc4cccc(N(C=O)c5ccccc5)c4)c4ccc(N(C=O)c5ccccc5)cc43)[C@@H]2C)cc1. The number of para-hydroxylation sites is 2. The molecule has 1 saturated heterocycles. The van der Waals surface area contributed by atoms with Crippen LogP contribution >= 0.6 is 0 Å². The molecule has 6 aromatic carbocycles. The van der Waals surface area contributed by atoms with Gasteiger partial charge in [0.25, 0.3) is 5.91 Å². The summed E-state index contributed by atoms with van der Waals surface area (Å²) < 4.78 is 12.9. The fourth-order valence-corrected chi connectivity index (χ4v) is 14.0. The highest BCUT2D eigenvalue weighted by atomic mass is 28.3. The molecule has 1 spiro atoms. The minimum Gasteiger partial charge on any atom is -0.497 e. The summed E-state index contributed by atoms with van der Waals surface area (Å²) in [5.41, 5.74) is 3.70. The van der Waals surface area contributed by atoms with Gasteiger partial charge in [0.15, 0.2) is 5.60 Å². The number of hydrogen-bond acceptors (Lipinski definition) is 7. The minimum absolute atomic E-state index is 0.0218. The van der Waals surface area contributed by atoms with E-state index in [9.17, 15) is 19.5 Å². The van der Waals surface area contributed by atoms with Gasteiger partial charge in [-0.3, -0.25) is 29.0 Å². The van der Waals surface area contributed by atoms with Crippen molar-refractivity contribution in [2.75, 3.05) is 35.0 Å². The van der Waals surface area contributed by atoms with E-state index >= 15 is 4.79 Å². The molecule has 0 unspecified atom stereocenters. The van der Waals surface area contributed by atoms with Crippen LogP contribution in [0.5, 0.6) is 5.75 Å². The molecular formula is C53H54N4O7Si. The van der Waals surface area contributed by atoms with Crippen LogP contribution in [0, 0.1) is 5.92 Å². The highest BCUT2D eigenvalue weighted by molar-refractivity contribution is 6.91. The number of benzene rings is 6. The summed E-state index contributed by atoms with van der Waals surface area (Å²) in [6, 6.07) is 49.6. The number of rotatable bonds is 17. The van der Waals surface area contributed by atoms with E-state index in [2.05, 4.69) is 32.2 Å². The van der Waals surface area contributed by atoms with Crippen molar-refractivity contribution in [3.05, 3.63) is 174 Å². The number of amides is 4. The number of carbonyl (C=O) groups is 4. The van der Waals surface area contributed by atoms with E-state index in [1.807, 2.05) is 146 Å². The van der Waals surface area contributed by atoms with Crippen LogP contribution in [-0.4, -0.2) is 69.1 Å². The van der Waals surface area contributed by atoms with E-state index in [0.29, 0.717) is 40.5 Å². The van der Waals surface area contributed by atoms with Crippen molar-refractivity contribution in [1.82, 2.24) is 4.90 Å². The molecule has 12 heteroatoms. The van der Waals surface area contributed by atoms with Crippen molar-refractivity contribution in [3.8, 4) is 5.75 Å².